The van der Waals surface area contributed by atoms with Crippen LogP contribution < -0.4 is 15.4 Å². The summed E-state index contributed by atoms with van der Waals surface area (Å²) >= 11 is 1.43. The monoisotopic (exact) mass is 360 g/mol. The fourth-order valence-electron chi connectivity index (χ4n) is 3.64. The highest BCUT2D eigenvalue weighted by molar-refractivity contribution is 7.22. The molecule has 2 saturated heterocycles. The number of aromatic nitrogens is 1. The van der Waals surface area contributed by atoms with Gasteiger partial charge in [0.25, 0.3) is 0 Å². The molecule has 3 heterocycles. The van der Waals surface area contributed by atoms with Crippen molar-refractivity contribution in [3.8, 4) is 5.75 Å². The number of nitrogens with zero attached hydrogens (tertiary/aromatic N) is 2. The van der Waals surface area contributed by atoms with Crippen molar-refractivity contribution in [3.63, 3.8) is 0 Å². The molecule has 0 spiro atoms. The lowest BCUT2D eigenvalue weighted by Gasteiger charge is -2.25. The fraction of sp³-hybridized carbons (Fsp3) is 0.471. The summed E-state index contributed by atoms with van der Waals surface area (Å²) in [6.07, 6.45) is 2.48. The number of carbonyl (C=O) groups is 2. The molecule has 1 aromatic carbocycles. The van der Waals surface area contributed by atoms with E-state index in [4.69, 9.17) is 4.74 Å². The second kappa shape index (κ2) is 6.61. The van der Waals surface area contributed by atoms with Gasteiger partial charge in [-0.3, -0.25) is 14.5 Å². The molecule has 0 radical (unpaired) electrons. The summed E-state index contributed by atoms with van der Waals surface area (Å²) < 4.78 is 6.19. The van der Waals surface area contributed by atoms with E-state index < -0.39 is 0 Å². The molecule has 2 atom stereocenters. The first-order valence-electron chi connectivity index (χ1n) is 8.39. The molecule has 2 fully saturated rings. The first kappa shape index (κ1) is 16.3. The van der Waals surface area contributed by atoms with Crippen LogP contribution in [-0.4, -0.2) is 54.0 Å². The second-order valence-corrected chi connectivity index (χ2v) is 7.50. The molecular weight excluding hydrogens is 340 g/mol. The molecule has 7 nitrogen and oxygen atoms in total. The maximum atomic E-state index is 12.5. The molecule has 4 rings (SSSR count). The number of rotatable bonds is 4. The van der Waals surface area contributed by atoms with Gasteiger partial charge in [-0.1, -0.05) is 11.3 Å². The maximum absolute atomic E-state index is 12.5. The van der Waals surface area contributed by atoms with E-state index in [1.165, 1.54) is 11.3 Å². The Morgan fingerprint density at radius 1 is 1.44 bits per heavy atom. The van der Waals surface area contributed by atoms with Crippen LogP contribution in [0.2, 0.25) is 0 Å². The molecule has 132 valence electrons. The summed E-state index contributed by atoms with van der Waals surface area (Å²) in [7, 11) is 1.62. The highest BCUT2D eigenvalue weighted by atomic mass is 32.1. The zero-order valence-corrected chi connectivity index (χ0v) is 14.8. The molecule has 1 aromatic heterocycles. The topological polar surface area (TPSA) is 83.6 Å². The van der Waals surface area contributed by atoms with Crippen molar-refractivity contribution in [3.05, 3.63) is 18.2 Å². The van der Waals surface area contributed by atoms with Gasteiger partial charge in [-0.2, -0.15) is 0 Å². The van der Waals surface area contributed by atoms with Gasteiger partial charge in [0, 0.05) is 25.0 Å². The fourth-order valence-corrected chi connectivity index (χ4v) is 4.55. The highest BCUT2D eigenvalue weighted by Crippen LogP contribution is 2.30. The van der Waals surface area contributed by atoms with Crippen molar-refractivity contribution >= 4 is 38.5 Å². The van der Waals surface area contributed by atoms with Gasteiger partial charge in [0.15, 0.2) is 5.13 Å². The van der Waals surface area contributed by atoms with E-state index in [1.807, 2.05) is 18.2 Å². The normalized spacial score (nSPS) is 23.3. The minimum absolute atomic E-state index is 0.0812. The van der Waals surface area contributed by atoms with Crippen LogP contribution in [-0.2, 0) is 9.59 Å². The smallest absolute Gasteiger partial charge is 0.240 e. The third-order valence-electron chi connectivity index (χ3n) is 4.90. The Balaban J connectivity index is 1.44. The number of nitrogens with one attached hydrogen (secondary N) is 2. The SMILES string of the molecule is COc1ccc2nc(NC(=O)CN3C4CCC3CC(=O)NC4)sc2c1. The number of anilines is 1. The Morgan fingerprint density at radius 3 is 3.12 bits per heavy atom. The number of thiazole rings is 1. The molecule has 25 heavy (non-hydrogen) atoms. The Kier molecular flexibility index (Phi) is 4.30. The number of benzene rings is 1. The number of hydrogen-bond acceptors (Lipinski definition) is 6. The summed E-state index contributed by atoms with van der Waals surface area (Å²) in [6.45, 7) is 0.924. The van der Waals surface area contributed by atoms with Gasteiger partial charge >= 0.3 is 0 Å². The Morgan fingerprint density at radius 2 is 2.28 bits per heavy atom. The van der Waals surface area contributed by atoms with Crippen molar-refractivity contribution in [1.82, 2.24) is 15.2 Å². The van der Waals surface area contributed by atoms with Gasteiger partial charge in [0.2, 0.25) is 11.8 Å². The van der Waals surface area contributed by atoms with Crippen LogP contribution >= 0.6 is 11.3 Å². The summed E-state index contributed by atoms with van der Waals surface area (Å²) in [5.74, 6) is 0.766. The van der Waals surface area contributed by atoms with E-state index in [0.29, 0.717) is 24.6 Å². The molecule has 0 saturated carbocycles. The standard InChI is InChI=1S/C17H20N4O3S/c1-24-12-4-5-13-14(7-12)25-17(19-13)20-16(23)9-21-10-2-3-11(21)8-18-15(22)6-10/h4-5,7,10-11H,2-3,6,8-9H2,1H3,(H,18,22)(H,19,20,23). The van der Waals surface area contributed by atoms with Gasteiger partial charge in [0.05, 0.1) is 23.9 Å². The number of hydrogen-bond donors (Lipinski definition) is 2. The maximum Gasteiger partial charge on any atom is 0.240 e. The predicted molar refractivity (Wildman–Crippen MR) is 95.9 cm³/mol. The van der Waals surface area contributed by atoms with E-state index in [1.54, 1.807) is 7.11 Å². The van der Waals surface area contributed by atoms with Crippen LogP contribution in [0, 0.1) is 0 Å². The quantitative estimate of drug-likeness (QED) is 0.865. The minimum Gasteiger partial charge on any atom is -0.497 e. The van der Waals surface area contributed by atoms with Crippen LogP contribution in [0.25, 0.3) is 10.2 Å². The number of methoxy groups -OCH3 is 1. The number of fused-ring (bicyclic) bond motifs is 3. The largest absolute Gasteiger partial charge is 0.497 e. The average Bonchev–Trinajstić information content (AvgIpc) is 3.10. The van der Waals surface area contributed by atoms with Crippen LogP contribution in [0.1, 0.15) is 19.3 Å². The van der Waals surface area contributed by atoms with Gasteiger partial charge in [-0.15, -0.1) is 0 Å². The lowest BCUT2D eigenvalue weighted by atomic mass is 10.1. The summed E-state index contributed by atoms with van der Waals surface area (Å²) in [5, 5.41) is 6.41. The van der Waals surface area contributed by atoms with Crippen molar-refractivity contribution in [2.75, 3.05) is 25.5 Å². The lowest BCUT2D eigenvalue weighted by molar-refractivity contribution is -0.122. The van der Waals surface area contributed by atoms with E-state index in [2.05, 4.69) is 20.5 Å². The second-order valence-electron chi connectivity index (χ2n) is 6.47. The first-order chi connectivity index (χ1) is 12.1. The van der Waals surface area contributed by atoms with E-state index in [0.717, 1.165) is 28.8 Å². The molecule has 2 aliphatic rings. The first-order valence-corrected chi connectivity index (χ1v) is 9.21. The van der Waals surface area contributed by atoms with Crippen molar-refractivity contribution < 1.29 is 14.3 Å². The van der Waals surface area contributed by atoms with E-state index >= 15 is 0 Å². The molecule has 2 N–H and O–H groups in total. The Bertz CT molecular complexity index is 821. The zero-order chi connectivity index (χ0) is 17.4. The van der Waals surface area contributed by atoms with Gasteiger partial charge in [-0.25, -0.2) is 4.98 Å². The Labute approximate surface area is 149 Å². The summed E-state index contributed by atoms with van der Waals surface area (Å²) in [5.41, 5.74) is 0.839. The van der Waals surface area contributed by atoms with E-state index in [-0.39, 0.29) is 23.9 Å². The molecule has 2 aromatic rings. The Hall–Kier alpha value is -2.19. The zero-order valence-electron chi connectivity index (χ0n) is 13.9. The van der Waals surface area contributed by atoms with E-state index in [9.17, 15) is 9.59 Å². The van der Waals surface area contributed by atoms with Crippen molar-refractivity contribution in [2.24, 2.45) is 0 Å². The molecule has 2 unspecified atom stereocenters. The third kappa shape index (κ3) is 3.32. The molecule has 0 aliphatic carbocycles. The highest BCUT2D eigenvalue weighted by Gasteiger charge is 2.38. The van der Waals surface area contributed by atoms with Gasteiger partial charge in [-0.05, 0) is 31.0 Å². The van der Waals surface area contributed by atoms with Crippen LogP contribution in [0.3, 0.4) is 0 Å². The van der Waals surface area contributed by atoms with Gasteiger partial charge in [0.1, 0.15) is 5.75 Å². The third-order valence-corrected chi connectivity index (χ3v) is 5.83. The number of amides is 2. The van der Waals surface area contributed by atoms with Crippen molar-refractivity contribution in [1.29, 1.82) is 0 Å². The lowest BCUT2D eigenvalue weighted by Crippen LogP contribution is -2.42. The summed E-state index contributed by atoms with van der Waals surface area (Å²) in [4.78, 5) is 30.8. The molecule has 2 amide bonds. The molecule has 8 heteroatoms. The number of carbonyl (C=O) groups excluding carboxylic acids is 2. The van der Waals surface area contributed by atoms with Crippen LogP contribution in [0.15, 0.2) is 18.2 Å². The van der Waals surface area contributed by atoms with Crippen molar-refractivity contribution in [2.45, 2.75) is 31.3 Å². The average molecular weight is 360 g/mol. The molecule has 2 aliphatic heterocycles. The van der Waals surface area contributed by atoms with Gasteiger partial charge < -0.3 is 15.4 Å². The minimum atomic E-state index is -0.0859. The van der Waals surface area contributed by atoms with Crippen LogP contribution in [0.5, 0.6) is 5.75 Å². The predicted octanol–water partition coefficient (Wildman–Crippen LogP) is 1.60. The molecule has 2 bridgehead atoms. The number of ether oxygens (including phenoxy) is 1. The summed E-state index contributed by atoms with van der Waals surface area (Å²) in [6, 6.07) is 6.06. The van der Waals surface area contributed by atoms with Crippen LogP contribution in [0.4, 0.5) is 5.13 Å². The molecular formula is C17H20N4O3S.